The Balaban J connectivity index is 1.33. The number of aryl methyl sites for hydroxylation is 2. The lowest BCUT2D eigenvalue weighted by molar-refractivity contribution is -0.132. The van der Waals surface area contributed by atoms with Gasteiger partial charge in [0.05, 0.1) is 17.3 Å². The van der Waals surface area contributed by atoms with Crippen LogP contribution < -0.4 is 9.64 Å². The van der Waals surface area contributed by atoms with Crippen molar-refractivity contribution in [2.75, 3.05) is 4.90 Å². The second-order valence-electron chi connectivity index (χ2n) is 10.8. The van der Waals surface area contributed by atoms with Crippen molar-refractivity contribution in [1.29, 1.82) is 0 Å². The topological polar surface area (TPSA) is 110 Å². The van der Waals surface area contributed by atoms with Crippen molar-refractivity contribution in [2.24, 2.45) is 0 Å². The van der Waals surface area contributed by atoms with E-state index < -0.39 is 17.7 Å². The molecule has 12 heteroatoms. The van der Waals surface area contributed by atoms with Crippen LogP contribution in [-0.4, -0.2) is 36.4 Å². The molecule has 1 unspecified atom stereocenters. The summed E-state index contributed by atoms with van der Waals surface area (Å²) in [5.74, 6) is -0.394. The van der Waals surface area contributed by atoms with Gasteiger partial charge in [-0.25, -0.2) is 4.98 Å². The van der Waals surface area contributed by atoms with E-state index in [4.69, 9.17) is 16.3 Å². The normalized spacial score (nSPS) is 15.9. The Morgan fingerprint density at radius 1 is 0.957 bits per heavy atom. The molecular formula is C35H26ClN5O4S2. The summed E-state index contributed by atoms with van der Waals surface area (Å²) < 4.78 is 8.53. The van der Waals surface area contributed by atoms with Gasteiger partial charge in [0.25, 0.3) is 5.78 Å². The fourth-order valence-electron chi connectivity index (χ4n) is 5.51. The van der Waals surface area contributed by atoms with Gasteiger partial charge in [0.2, 0.25) is 5.13 Å². The molecule has 0 spiro atoms. The number of nitrogens with zero attached hydrogens (tertiary/aromatic N) is 5. The second-order valence-corrected chi connectivity index (χ2v) is 13.4. The Bertz CT molecular complexity index is 2200. The van der Waals surface area contributed by atoms with Crippen molar-refractivity contribution in [3.63, 3.8) is 0 Å². The Hall–Kier alpha value is -4.97. The van der Waals surface area contributed by atoms with E-state index in [0.717, 1.165) is 11.1 Å². The molecule has 1 fully saturated rings. The number of Topliss-reactive ketones (excluding diaryl/α,β-unsaturated/α-hetero) is 1. The van der Waals surface area contributed by atoms with Gasteiger partial charge in [-0.3, -0.25) is 14.5 Å². The molecule has 0 radical (unpaired) electrons. The van der Waals surface area contributed by atoms with Crippen LogP contribution in [0.1, 0.15) is 34.1 Å². The molecule has 9 nitrogen and oxygen atoms in total. The third-order valence-corrected chi connectivity index (χ3v) is 10.3. The number of ether oxygens (including phenoxy) is 1. The summed E-state index contributed by atoms with van der Waals surface area (Å²) in [5, 5.41) is 21.3. The molecule has 0 aliphatic carbocycles. The lowest BCUT2D eigenvalue weighted by atomic mass is 9.96. The number of aliphatic hydroxyl groups excluding tert-OH is 1. The van der Waals surface area contributed by atoms with E-state index in [2.05, 4.69) is 15.2 Å². The minimum Gasteiger partial charge on any atom is -0.505 e. The van der Waals surface area contributed by atoms with Crippen LogP contribution in [-0.2, 0) is 15.3 Å². The quantitative estimate of drug-likeness (QED) is 0.0564. The van der Waals surface area contributed by atoms with Crippen LogP contribution in [0, 0.1) is 13.8 Å². The van der Waals surface area contributed by atoms with Gasteiger partial charge in [0, 0.05) is 17.0 Å². The molecule has 7 rings (SSSR count). The summed E-state index contributed by atoms with van der Waals surface area (Å²) in [6.45, 7) is 3.72. The molecule has 1 amide bonds. The van der Waals surface area contributed by atoms with E-state index in [-0.39, 0.29) is 22.2 Å². The first kappa shape index (κ1) is 30.7. The maximum absolute atomic E-state index is 13.9. The first-order chi connectivity index (χ1) is 22.8. The number of amides is 1. The molecule has 1 aliphatic rings. The Labute approximate surface area is 283 Å². The number of halogens is 1. The summed E-state index contributed by atoms with van der Waals surface area (Å²) in [5.41, 5.74) is 3.75. The third-order valence-electron chi connectivity index (χ3n) is 7.82. The monoisotopic (exact) mass is 679 g/mol. The van der Waals surface area contributed by atoms with E-state index in [9.17, 15) is 14.7 Å². The zero-order chi connectivity index (χ0) is 32.7. The highest BCUT2D eigenvalue weighted by Gasteiger charge is 2.49. The number of pyridine rings is 1. The van der Waals surface area contributed by atoms with Crippen molar-refractivity contribution >= 4 is 62.9 Å². The number of hydrogen-bond donors (Lipinski definition) is 1. The number of benzene rings is 3. The fraction of sp³-hybridized carbons (Fsp3) is 0.114. The predicted molar refractivity (Wildman–Crippen MR) is 183 cm³/mol. The Morgan fingerprint density at radius 3 is 2.51 bits per heavy atom. The Kier molecular flexibility index (Phi) is 8.27. The number of rotatable bonds is 8. The summed E-state index contributed by atoms with van der Waals surface area (Å²) in [6.07, 6.45) is 1.84. The fourth-order valence-corrected chi connectivity index (χ4v) is 7.66. The van der Waals surface area contributed by atoms with E-state index in [1.807, 2.05) is 84.3 Å². The summed E-state index contributed by atoms with van der Waals surface area (Å²) >= 11 is 8.95. The van der Waals surface area contributed by atoms with Gasteiger partial charge in [-0.15, -0.1) is 10.2 Å². The number of para-hydroxylation sites is 1. The molecular weight excluding hydrogens is 654 g/mol. The molecule has 234 valence electrons. The Morgan fingerprint density at radius 2 is 1.72 bits per heavy atom. The van der Waals surface area contributed by atoms with Gasteiger partial charge in [0.15, 0.2) is 10.1 Å². The predicted octanol–water partition coefficient (Wildman–Crippen LogP) is 8.17. The molecule has 3 aromatic heterocycles. The average molecular weight is 680 g/mol. The number of ketones is 1. The number of fused-ring (bicyclic) bond motifs is 1. The molecule has 0 bridgehead atoms. The number of anilines is 1. The van der Waals surface area contributed by atoms with Crippen LogP contribution in [0.4, 0.5) is 5.13 Å². The van der Waals surface area contributed by atoms with Crippen LogP contribution >= 0.6 is 34.7 Å². The number of imidazole rings is 1. The second kappa shape index (κ2) is 12.7. The van der Waals surface area contributed by atoms with E-state index in [1.54, 1.807) is 31.2 Å². The molecule has 0 saturated carbocycles. The van der Waals surface area contributed by atoms with Crippen molar-refractivity contribution < 1.29 is 19.4 Å². The van der Waals surface area contributed by atoms with E-state index in [0.29, 0.717) is 43.5 Å². The molecule has 1 atom stereocenters. The van der Waals surface area contributed by atoms with Crippen LogP contribution in [0.5, 0.6) is 11.5 Å². The average Bonchev–Trinajstić information content (AvgIpc) is 3.76. The number of carbonyl (C=O) groups is 2. The summed E-state index contributed by atoms with van der Waals surface area (Å²) in [7, 11) is 0. The summed E-state index contributed by atoms with van der Waals surface area (Å²) in [4.78, 5) is 33.7. The summed E-state index contributed by atoms with van der Waals surface area (Å²) in [6, 6.07) is 26.7. The van der Waals surface area contributed by atoms with Gasteiger partial charge in [-0.05, 0) is 66.9 Å². The maximum Gasteiger partial charge on any atom is 0.301 e. The molecule has 4 heterocycles. The van der Waals surface area contributed by atoms with Crippen LogP contribution in [0.25, 0.3) is 11.4 Å². The minimum atomic E-state index is -1.03. The number of thioether (sulfide) groups is 1. The van der Waals surface area contributed by atoms with Gasteiger partial charge in [0.1, 0.15) is 22.8 Å². The van der Waals surface area contributed by atoms with Gasteiger partial charge >= 0.3 is 5.91 Å². The van der Waals surface area contributed by atoms with Gasteiger partial charge in [-0.1, -0.05) is 89.3 Å². The lowest BCUT2D eigenvalue weighted by Gasteiger charge is -2.23. The first-order valence-corrected chi connectivity index (χ1v) is 16.8. The number of aromatic nitrogens is 4. The molecule has 1 aliphatic heterocycles. The van der Waals surface area contributed by atoms with Crippen molar-refractivity contribution in [1.82, 2.24) is 19.6 Å². The van der Waals surface area contributed by atoms with Crippen LogP contribution in [0.2, 0.25) is 5.02 Å². The molecule has 47 heavy (non-hydrogen) atoms. The molecule has 3 aromatic carbocycles. The molecule has 1 N–H and O–H groups in total. The van der Waals surface area contributed by atoms with Gasteiger partial charge < -0.3 is 14.2 Å². The number of hydrogen-bond acceptors (Lipinski definition) is 9. The zero-order valence-electron chi connectivity index (χ0n) is 25.1. The van der Waals surface area contributed by atoms with Crippen LogP contribution in [0.3, 0.4) is 0 Å². The van der Waals surface area contributed by atoms with Crippen LogP contribution in [0.15, 0.2) is 107 Å². The van der Waals surface area contributed by atoms with Crippen molar-refractivity contribution in [3.8, 4) is 11.5 Å². The van der Waals surface area contributed by atoms with Crippen molar-refractivity contribution in [2.45, 2.75) is 30.0 Å². The molecule has 6 aromatic rings. The van der Waals surface area contributed by atoms with Gasteiger partial charge in [-0.2, -0.15) is 0 Å². The van der Waals surface area contributed by atoms with Crippen molar-refractivity contribution in [3.05, 3.63) is 136 Å². The number of aliphatic hydroxyl groups is 1. The van der Waals surface area contributed by atoms with E-state index in [1.165, 1.54) is 28.0 Å². The smallest absolute Gasteiger partial charge is 0.301 e. The first-order valence-electron chi connectivity index (χ1n) is 14.6. The third kappa shape index (κ3) is 5.78. The highest BCUT2D eigenvalue weighted by molar-refractivity contribution is 8.00. The highest BCUT2D eigenvalue weighted by Crippen LogP contribution is 2.45. The molecule has 1 saturated heterocycles. The number of carbonyl (C=O) groups excluding carboxylic acids is 2. The highest BCUT2D eigenvalue weighted by atomic mass is 35.5. The largest absolute Gasteiger partial charge is 0.505 e. The van der Waals surface area contributed by atoms with E-state index >= 15 is 0 Å². The minimum absolute atomic E-state index is 0.100. The standard InChI is InChI=1S/C35H26ClN5O4S2/c1-20-10-9-17-40-21(2)28(37-32(20)40)30(42)27-29(22-12-8-15-25(18-22)45-24-13-4-3-5-14-24)41(33(44)31(27)43)34-38-39-35(47-34)46-19-23-11-6-7-16-26(23)36/h3-18,29,42H,19H2,1-2H3/b30-27+. The maximum atomic E-state index is 13.9. The zero-order valence-corrected chi connectivity index (χ0v) is 27.5. The SMILES string of the molecule is Cc1cccn2c(C)c(/C(O)=C3\C(=O)C(=O)N(c4nnc(SCc5ccccc5Cl)s4)C3c3cccc(Oc4ccccc4)c3)nc12. The lowest BCUT2D eigenvalue weighted by Crippen LogP contribution is -2.29.